The zero-order valence-electron chi connectivity index (χ0n) is 24.4. The van der Waals surface area contributed by atoms with Crippen LogP contribution in [-0.2, 0) is 70.3 Å². The lowest BCUT2D eigenvalue weighted by Crippen LogP contribution is -2.46. The third-order valence-electron chi connectivity index (χ3n) is 6.42. The van der Waals surface area contributed by atoms with Gasteiger partial charge in [-0.15, -0.1) is 0 Å². The van der Waals surface area contributed by atoms with Crippen LogP contribution in [0.3, 0.4) is 0 Å². The predicted molar refractivity (Wildman–Crippen MR) is 149 cm³/mol. The Hall–Kier alpha value is -5.06. The van der Waals surface area contributed by atoms with E-state index in [0.717, 1.165) is 38.0 Å². The van der Waals surface area contributed by atoms with Gasteiger partial charge in [0.2, 0.25) is 0 Å². The van der Waals surface area contributed by atoms with Gasteiger partial charge in [0.05, 0.1) is 0 Å². The van der Waals surface area contributed by atoms with Crippen molar-refractivity contribution in [2.45, 2.75) is 31.8 Å². The monoisotopic (exact) mass is 633 g/mol. The van der Waals surface area contributed by atoms with Crippen LogP contribution in [-0.4, -0.2) is 118 Å². The maximum Gasteiger partial charge on any atom is 0.329 e. The van der Waals surface area contributed by atoms with Gasteiger partial charge in [0.15, 0.2) is 26.4 Å². The zero-order valence-corrected chi connectivity index (χ0v) is 24.4. The molecule has 2 aliphatic rings. The van der Waals surface area contributed by atoms with Crippen LogP contribution in [0.1, 0.15) is 24.0 Å². The fourth-order valence-electron chi connectivity index (χ4n) is 4.14. The van der Waals surface area contributed by atoms with Gasteiger partial charge in [-0.25, -0.2) is 4.79 Å². The van der Waals surface area contributed by atoms with Crippen LogP contribution < -0.4 is 21.3 Å². The van der Waals surface area contributed by atoms with Crippen LogP contribution in [0, 0.1) is 0 Å². The van der Waals surface area contributed by atoms with Crippen LogP contribution in [0.15, 0.2) is 24.3 Å². The number of hydrogen-bond acceptors (Lipinski definition) is 13. The topological polar surface area (TPSA) is 225 Å². The second kappa shape index (κ2) is 17.9. The highest BCUT2D eigenvalue weighted by Crippen LogP contribution is 2.14. The highest BCUT2D eigenvalue weighted by atomic mass is 16.6. The number of rotatable bonds is 4. The molecule has 4 amide bonds. The van der Waals surface area contributed by atoms with Gasteiger partial charge in [-0.2, -0.15) is 0 Å². The Labute approximate surface area is 257 Å². The number of amides is 4. The number of benzene rings is 1. The summed E-state index contributed by atoms with van der Waals surface area (Å²) in [5.41, 5.74) is 1.75. The first kappa shape index (κ1) is 34.4. The van der Waals surface area contributed by atoms with E-state index in [1.54, 1.807) is 12.1 Å². The fourth-order valence-corrected chi connectivity index (χ4v) is 4.14. The average molecular weight is 634 g/mol. The van der Waals surface area contributed by atoms with E-state index in [2.05, 4.69) is 35.6 Å². The minimum atomic E-state index is -1.28. The number of ether oxygens (including phenoxy) is 4. The van der Waals surface area contributed by atoms with Crippen molar-refractivity contribution >= 4 is 47.5 Å². The highest BCUT2D eigenvalue weighted by molar-refractivity contribution is 5.90. The molecule has 0 radical (unpaired) electrons. The molecule has 4 N–H and O–H groups in total. The predicted octanol–water partition coefficient (Wildman–Crippen LogP) is -3.16. The molecule has 2 saturated heterocycles. The van der Waals surface area contributed by atoms with Gasteiger partial charge < -0.3 is 40.2 Å². The fraction of sp³-hybridized carbons (Fsp3) is 0.500. The Morgan fingerprint density at radius 3 is 1.49 bits per heavy atom. The van der Waals surface area contributed by atoms with Crippen LogP contribution >= 0.6 is 0 Å². The number of likely N-dealkylation sites (tertiary alicyclic amines) is 1. The molecule has 3 rings (SSSR count). The Morgan fingerprint density at radius 1 is 0.578 bits per heavy atom. The maximum atomic E-state index is 12.9. The van der Waals surface area contributed by atoms with E-state index in [1.807, 2.05) is 12.1 Å². The van der Waals surface area contributed by atoms with E-state index in [4.69, 9.17) is 9.47 Å². The van der Waals surface area contributed by atoms with Gasteiger partial charge >= 0.3 is 23.9 Å². The summed E-state index contributed by atoms with van der Waals surface area (Å²) in [4.78, 5) is 99.0. The molecule has 0 saturated carbocycles. The summed E-state index contributed by atoms with van der Waals surface area (Å²) in [6.07, 6.45) is 2.29. The van der Waals surface area contributed by atoms with Gasteiger partial charge in [-0.1, -0.05) is 24.3 Å². The molecule has 1 aromatic rings. The summed E-state index contributed by atoms with van der Waals surface area (Å²) in [6, 6.07) is 6.14. The van der Waals surface area contributed by atoms with Gasteiger partial charge in [-0.3, -0.25) is 38.5 Å². The molecule has 2 fully saturated rings. The molecule has 1 atom stereocenters. The highest BCUT2D eigenvalue weighted by Gasteiger charge is 2.25. The number of nitrogens with zero attached hydrogens (tertiary/aromatic N) is 1. The molecule has 2 heterocycles. The molecule has 1 aromatic carbocycles. The molecule has 17 nitrogen and oxygen atoms in total. The van der Waals surface area contributed by atoms with Crippen molar-refractivity contribution in [2.24, 2.45) is 0 Å². The molecule has 244 valence electrons. The van der Waals surface area contributed by atoms with E-state index in [0.29, 0.717) is 5.56 Å². The molecule has 45 heavy (non-hydrogen) atoms. The number of hydrogen-bond donors (Lipinski definition) is 4. The normalized spacial score (nSPS) is 21.1. The van der Waals surface area contributed by atoms with Crippen molar-refractivity contribution in [3.8, 4) is 0 Å². The second-order valence-electron chi connectivity index (χ2n) is 10.0. The van der Waals surface area contributed by atoms with E-state index in [9.17, 15) is 38.4 Å². The molecule has 0 bridgehead atoms. The van der Waals surface area contributed by atoms with E-state index >= 15 is 0 Å². The summed E-state index contributed by atoms with van der Waals surface area (Å²) >= 11 is 0. The molecular weight excluding hydrogens is 598 g/mol. The average Bonchev–Trinajstić information content (AvgIpc) is 3.54. The van der Waals surface area contributed by atoms with Gasteiger partial charge in [0, 0.05) is 13.0 Å². The quantitative estimate of drug-likeness (QED) is 0.190. The minimum Gasteiger partial charge on any atom is -0.454 e. The Morgan fingerprint density at radius 2 is 1.00 bits per heavy atom. The van der Waals surface area contributed by atoms with Crippen molar-refractivity contribution in [1.82, 2.24) is 26.2 Å². The summed E-state index contributed by atoms with van der Waals surface area (Å²) in [7, 11) is 0. The van der Waals surface area contributed by atoms with E-state index in [-0.39, 0.29) is 6.42 Å². The van der Waals surface area contributed by atoms with Gasteiger partial charge in [0.25, 0.3) is 23.6 Å². The summed E-state index contributed by atoms with van der Waals surface area (Å²) in [6.45, 7) is -2.27. The van der Waals surface area contributed by atoms with Crippen molar-refractivity contribution in [1.29, 1.82) is 0 Å². The molecule has 1 unspecified atom stereocenters. The summed E-state index contributed by atoms with van der Waals surface area (Å²) in [5.74, 6) is -7.41. The van der Waals surface area contributed by atoms with E-state index in [1.165, 1.54) is 0 Å². The maximum absolute atomic E-state index is 12.9. The first-order valence-electron chi connectivity index (χ1n) is 14.1. The Kier molecular flexibility index (Phi) is 13.7. The van der Waals surface area contributed by atoms with Crippen LogP contribution in [0.25, 0.3) is 0 Å². The molecular formula is C28H35N5O12. The Balaban J connectivity index is 1.63. The van der Waals surface area contributed by atoms with E-state index < -0.39 is 99.6 Å². The van der Waals surface area contributed by atoms with Crippen molar-refractivity contribution in [2.75, 3.05) is 59.2 Å². The van der Waals surface area contributed by atoms with Crippen molar-refractivity contribution < 1.29 is 57.3 Å². The molecule has 17 heteroatoms. The number of nitrogens with one attached hydrogen (secondary N) is 4. The number of carbonyl (C=O) groups excluding carboxylic acids is 8. The third-order valence-corrected chi connectivity index (χ3v) is 6.42. The smallest absolute Gasteiger partial charge is 0.329 e. The number of cyclic esters (lactones) is 4. The molecule has 2 aliphatic heterocycles. The number of carbonyl (C=O) groups is 8. The molecule has 0 aromatic heterocycles. The second-order valence-corrected chi connectivity index (χ2v) is 10.0. The van der Waals surface area contributed by atoms with Gasteiger partial charge in [-0.05, 0) is 37.1 Å². The zero-order chi connectivity index (χ0) is 32.6. The summed E-state index contributed by atoms with van der Waals surface area (Å²) in [5, 5.41) is 8.80. The van der Waals surface area contributed by atoms with Gasteiger partial charge in [0.1, 0.15) is 25.7 Å². The van der Waals surface area contributed by atoms with Crippen molar-refractivity contribution in [3.63, 3.8) is 0 Å². The molecule has 0 spiro atoms. The third kappa shape index (κ3) is 13.4. The largest absolute Gasteiger partial charge is 0.454 e. The van der Waals surface area contributed by atoms with Crippen molar-refractivity contribution in [3.05, 3.63) is 35.4 Å². The summed E-state index contributed by atoms with van der Waals surface area (Å²) < 4.78 is 19.2. The van der Waals surface area contributed by atoms with Crippen LogP contribution in [0.5, 0.6) is 0 Å². The Bertz CT molecular complexity index is 1260. The lowest BCUT2D eigenvalue weighted by atomic mass is 10.0. The first-order valence-corrected chi connectivity index (χ1v) is 14.1. The first-order chi connectivity index (χ1) is 21.6. The number of esters is 4. The lowest BCUT2D eigenvalue weighted by molar-refractivity contribution is -0.154. The van der Waals surface area contributed by atoms with Crippen LogP contribution in [0.4, 0.5) is 0 Å². The van der Waals surface area contributed by atoms with Crippen LogP contribution in [0.2, 0.25) is 0 Å². The standard InChI is InChI=1S/C28H35N5O12/c34-21-14-43-26(39)11-31-23(36)16-45-28(41)20(9-18-3-5-19(6-4-18)13-33-7-1-2-8-33)32-24(37)17-44-27(40)12-30-22(35)15-42-25(38)10-29-21/h3-6,20H,1-2,7-17H2,(H,29,34)(H,30,35)(H,31,36)(H,32,37). The minimum absolute atomic E-state index is 0.0205. The lowest BCUT2D eigenvalue weighted by Gasteiger charge is -2.19. The SMILES string of the molecule is O=C1COC(=O)CNC(=O)COC(=O)C(Cc2ccc(CN3CCCC3)cc2)NC(=O)COC(=O)CNC(=O)COC(=O)CN1. The molecule has 0 aliphatic carbocycles.